The van der Waals surface area contributed by atoms with Crippen LogP contribution in [-0.2, 0) is 0 Å². The predicted octanol–water partition coefficient (Wildman–Crippen LogP) is 0.774. The van der Waals surface area contributed by atoms with Crippen molar-refractivity contribution in [2.45, 2.75) is 4.90 Å². The van der Waals surface area contributed by atoms with Crippen molar-refractivity contribution in [3.8, 4) is 0 Å². The lowest BCUT2D eigenvalue weighted by Crippen LogP contribution is -2.13. The molecule has 7 nitrogen and oxygen atoms in total. The van der Waals surface area contributed by atoms with E-state index in [0.29, 0.717) is 10.6 Å². The number of nitrogens with zero attached hydrogens (tertiary/aromatic N) is 2. The Labute approximate surface area is 101 Å². The first kappa shape index (κ1) is 13.3. The molecule has 0 fully saturated rings. The summed E-state index contributed by atoms with van der Waals surface area (Å²) in [6.07, 6.45) is 0. The Morgan fingerprint density at radius 1 is 1.59 bits per heavy atom. The molecule has 0 atom stereocenters. The molecule has 0 unspecified atom stereocenters. The Morgan fingerprint density at radius 2 is 2.29 bits per heavy atom. The second kappa shape index (κ2) is 6.06. The zero-order valence-corrected chi connectivity index (χ0v) is 9.55. The van der Waals surface area contributed by atoms with Crippen molar-refractivity contribution in [1.82, 2.24) is 0 Å². The number of oxime groups is 1. The maximum atomic E-state index is 10.8. The van der Waals surface area contributed by atoms with E-state index in [9.17, 15) is 10.1 Å². The number of amidine groups is 1. The Bertz CT molecular complexity index is 450. The Balaban J connectivity index is 3.13. The van der Waals surface area contributed by atoms with Crippen LogP contribution in [0.4, 0.5) is 5.69 Å². The highest BCUT2D eigenvalue weighted by Gasteiger charge is 2.16. The van der Waals surface area contributed by atoms with Gasteiger partial charge < -0.3 is 16.0 Å². The third kappa shape index (κ3) is 3.33. The number of aliphatic hydroxyl groups excluding tert-OH is 1. The van der Waals surface area contributed by atoms with Gasteiger partial charge in [-0.2, -0.15) is 0 Å². The van der Waals surface area contributed by atoms with E-state index in [1.807, 2.05) is 0 Å². The second-order valence-electron chi connectivity index (χ2n) is 3.00. The van der Waals surface area contributed by atoms with Gasteiger partial charge in [-0.15, -0.1) is 11.8 Å². The quantitative estimate of drug-likeness (QED) is 0.179. The maximum Gasteiger partial charge on any atom is 0.283 e. The molecular formula is C9H11N3O4S. The van der Waals surface area contributed by atoms with Gasteiger partial charge in [-0.3, -0.25) is 10.1 Å². The van der Waals surface area contributed by atoms with Crippen molar-refractivity contribution in [3.05, 3.63) is 33.9 Å². The van der Waals surface area contributed by atoms with E-state index in [1.54, 1.807) is 0 Å². The first-order valence-corrected chi connectivity index (χ1v) is 5.58. The number of rotatable bonds is 5. The molecule has 1 aromatic rings. The fourth-order valence-electron chi connectivity index (χ4n) is 1.15. The van der Waals surface area contributed by atoms with E-state index in [4.69, 9.17) is 16.0 Å². The van der Waals surface area contributed by atoms with Crippen LogP contribution in [0, 0.1) is 10.1 Å². The molecule has 92 valence electrons. The van der Waals surface area contributed by atoms with Crippen molar-refractivity contribution in [2.24, 2.45) is 10.9 Å². The van der Waals surface area contributed by atoms with Crippen molar-refractivity contribution in [2.75, 3.05) is 12.4 Å². The lowest BCUT2D eigenvalue weighted by molar-refractivity contribution is -0.387. The minimum absolute atomic E-state index is 0.0657. The fourth-order valence-corrected chi connectivity index (χ4v) is 1.91. The van der Waals surface area contributed by atoms with E-state index in [-0.39, 0.29) is 23.7 Å². The highest BCUT2D eigenvalue weighted by Crippen LogP contribution is 2.29. The molecule has 8 heteroatoms. The smallest absolute Gasteiger partial charge is 0.283 e. The summed E-state index contributed by atoms with van der Waals surface area (Å²) >= 11 is 1.17. The molecule has 0 aliphatic heterocycles. The monoisotopic (exact) mass is 257 g/mol. The van der Waals surface area contributed by atoms with Gasteiger partial charge >= 0.3 is 0 Å². The highest BCUT2D eigenvalue weighted by atomic mass is 32.2. The number of hydrogen-bond donors (Lipinski definition) is 3. The molecule has 0 aromatic heterocycles. The fraction of sp³-hybridized carbons (Fsp3) is 0.222. The molecule has 0 radical (unpaired) electrons. The van der Waals surface area contributed by atoms with Crippen molar-refractivity contribution >= 4 is 23.3 Å². The van der Waals surface area contributed by atoms with Gasteiger partial charge in [-0.1, -0.05) is 5.16 Å². The molecular weight excluding hydrogens is 246 g/mol. The summed E-state index contributed by atoms with van der Waals surface area (Å²) in [5, 5.41) is 30.8. The third-order valence-electron chi connectivity index (χ3n) is 1.91. The molecule has 0 aliphatic carbocycles. The molecule has 0 bridgehead atoms. The average Bonchev–Trinajstić information content (AvgIpc) is 2.35. The van der Waals surface area contributed by atoms with Crippen molar-refractivity contribution < 1.29 is 15.2 Å². The van der Waals surface area contributed by atoms with Crippen LogP contribution in [0.15, 0.2) is 28.3 Å². The molecule has 17 heavy (non-hydrogen) atoms. The van der Waals surface area contributed by atoms with Gasteiger partial charge in [0.25, 0.3) is 5.69 Å². The van der Waals surface area contributed by atoms with Crippen LogP contribution in [0.5, 0.6) is 0 Å². The lowest BCUT2D eigenvalue weighted by atomic mass is 10.2. The molecule has 0 heterocycles. The Kier molecular flexibility index (Phi) is 4.73. The maximum absolute atomic E-state index is 10.8. The van der Waals surface area contributed by atoms with Gasteiger partial charge in [0.1, 0.15) is 0 Å². The van der Waals surface area contributed by atoms with Crippen molar-refractivity contribution in [3.63, 3.8) is 0 Å². The van der Waals surface area contributed by atoms with Crippen LogP contribution < -0.4 is 5.73 Å². The molecule has 1 aromatic carbocycles. The molecule has 0 amide bonds. The van der Waals surface area contributed by atoms with Gasteiger partial charge in [-0.25, -0.2) is 0 Å². The van der Waals surface area contributed by atoms with Crippen molar-refractivity contribution in [1.29, 1.82) is 0 Å². The minimum atomic E-state index is -0.548. The van der Waals surface area contributed by atoms with Gasteiger partial charge in [0.2, 0.25) is 0 Å². The zero-order valence-electron chi connectivity index (χ0n) is 8.74. The number of nitro groups is 1. The SMILES string of the molecule is NC(=NO)c1ccc(SCCO)c([N+](=O)[O-])c1. The average molecular weight is 257 g/mol. The number of hydrogen-bond acceptors (Lipinski definition) is 6. The number of nitrogens with two attached hydrogens (primary N) is 1. The van der Waals surface area contributed by atoms with E-state index in [2.05, 4.69) is 5.16 Å². The number of benzene rings is 1. The van der Waals surface area contributed by atoms with E-state index < -0.39 is 4.92 Å². The summed E-state index contributed by atoms with van der Waals surface area (Å²) in [4.78, 5) is 10.7. The van der Waals surface area contributed by atoms with Gasteiger partial charge in [-0.05, 0) is 12.1 Å². The van der Waals surface area contributed by atoms with Crippen LogP contribution in [-0.4, -0.2) is 33.4 Å². The Morgan fingerprint density at radius 3 is 2.82 bits per heavy atom. The van der Waals surface area contributed by atoms with Crippen LogP contribution in [0.1, 0.15) is 5.56 Å². The summed E-state index contributed by atoms with van der Waals surface area (Å²) in [5.74, 6) is 0.177. The summed E-state index contributed by atoms with van der Waals surface area (Å²) in [5.41, 5.74) is 5.48. The van der Waals surface area contributed by atoms with Crippen LogP contribution >= 0.6 is 11.8 Å². The molecule has 1 rings (SSSR count). The topological polar surface area (TPSA) is 122 Å². The van der Waals surface area contributed by atoms with Crippen LogP contribution in [0.3, 0.4) is 0 Å². The number of nitro benzene ring substituents is 1. The molecule has 0 saturated carbocycles. The summed E-state index contributed by atoms with van der Waals surface area (Å²) in [6.45, 7) is -0.0657. The van der Waals surface area contributed by atoms with E-state index in [0.717, 1.165) is 0 Å². The molecule has 0 aliphatic rings. The standard InChI is InChI=1S/C9H11N3O4S/c10-9(11-14)6-1-2-8(17-4-3-13)7(5-6)12(15)16/h1-2,5,13-14H,3-4H2,(H2,10,11). The largest absolute Gasteiger partial charge is 0.409 e. The summed E-state index contributed by atoms with van der Waals surface area (Å²) in [7, 11) is 0. The summed E-state index contributed by atoms with van der Waals surface area (Å²) in [6, 6.07) is 4.25. The van der Waals surface area contributed by atoms with E-state index >= 15 is 0 Å². The van der Waals surface area contributed by atoms with Gasteiger partial charge in [0, 0.05) is 17.4 Å². The molecule has 4 N–H and O–H groups in total. The molecule has 0 spiro atoms. The van der Waals surface area contributed by atoms with Gasteiger partial charge in [0.15, 0.2) is 5.84 Å². The van der Waals surface area contributed by atoms with Crippen LogP contribution in [0.25, 0.3) is 0 Å². The zero-order chi connectivity index (χ0) is 12.8. The minimum Gasteiger partial charge on any atom is -0.409 e. The number of thioether (sulfide) groups is 1. The number of aliphatic hydroxyl groups is 1. The Hall–Kier alpha value is -1.80. The van der Waals surface area contributed by atoms with Gasteiger partial charge in [0.05, 0.1) is 16.4 Å². The first-order valence-electron chi connectivity index (χ1n) is 4.60. The summed E-state index contributed by atoms with van der Waals surface area (Å²) < 4.78 is 0. The lowest BCUT2D eigenvalue weighted by Gasteiger charge is -2.04. The molecule has 0 saturated heterocycles. The second-order valence-corrected chi connectivity index (χ2v) is 4.13. The highest BCUT2D eigenvalue weighted by molar-refractivity contribution is 7.99. The first-order chi connectivity index (χ1) is 8.10. The van der Waals surface area contributed by atoms with Crippen LogP contribution in [0.2, 0.25) is 0 Å². The van der Waals surface area contributed by atoms with E-state index in [1.165, 1.54) is 30.0 Å². The normalized spacial score (nSPS) is 11.5. The predicted molar refractivity (Wildman–Crippen MR) is 63.4 cm³/mol. The third-order valence-corrected chi connectivity index (χ3v) is 2.95.